The smallest absolute Gasteiger partial charge is 0.250 e. The van der Waals surface area contributed by atoms with Gasteiger partial charge in [0.25, 0.3) is 5.91 Å². The molecule has 0 radical (unpaired) electrons. The third-order valence-electron chi connectivity index (χ3n) is 5.10. The molecular weight excluding hydrogens is 358 g/mol. The molecule has 2 aliphatic rings. The number of amides is 1. The first-order valence-corrected chi connectivity index (χ1v) is 10.9. The van der Waals surface area contributed by atoms with Gasteiger partial charge in [0.1, 0.15) is 11.9 Å². The second kappa shape index (κ2) is 7.08. The van der Waals surface area contributed by atoms with Gasteiger partial charge in [-0.05, 0) is 69.0 Å². The molecule has 1 amide bonds. The molecule has 5 nitrogen and oxygen atoms in total. The lowest BCUT2D eigenvalue weighted by Gasteiger charge is -2.30. The van der Waals surface area contributed by atoms with Gasteiger partial charge in [-0.2, -0.15) is 0 Å². The van der Waals surface area contributed by atoms with Gasteiger partial charge in [0.15, 0.2) is 0 Å². The Bertz CT molecular complexity index is 890. The molecule has 1 unspecified atom stereocenters. The van der Waals surface area contributed by atoms with E-state index in [4.69, 9.17) is 0 Å². The van der Waals surface area contributed by atoms with Gasteiger partial charge in [0.2, 0.25) is 0 Å². The van der Waals surface area contributed by atoms with Crippen molar-refractivity contribution in [2.45, 2.75) is 45.7 Å². The molecule has 2 heterocycles. The number of hydrogen-bond acceptors (Lipinski definition) is 4. The van der Waals surface area contributed by atoms with Gasteiger partial charge in [0, 0.05) is 28.2 Å². The molecule has 2 aromatic rings. The number of hydrogen-bond donors (Lipinski definition) is 0. The van der Waals surface area contributed by atoms with Crippen LogP contribution >= 0.6 is 0 Å². The Hall–Kier alpha value is -2.21. The van der Waals surface area contributed by atoms with Crippen molar-refractivity contribution in [3.63, 3.8) is 0 Å². The average molecular weight is 384 g/mol. The minimum absolute atomic E-state index is 0.0370. The normalized spacial score (nSPS) is 22.1. The second-order valence-corrected chi connectivity index (χ2v) is 9.11. The van der Waals surface area contributed by atoms with Crippen molar-refractivity contribution < 1.29 is 9.00 Å². The highest BCUT2D eigenvalue weighted by Crippen LogP contribution is 2.34. The summed E-state index contributed by atoms with van der Waals surface area (Å²) in [5, 5.41) is 0. The van der Waals surface area contributed by atoms with Crippen LogP contribution in [0, 0.1) is 20.8 Å². The van der Waals surface area contributed by atoms with Gasteiger partial charge in [0.05, 0.1) is 11.6 Å². The number of aryl methyl sites for hydroxylation is 3. The second-order valence-electron chi connectivity index (χ2n) is 7.64. The molecular formula is C21H25N3O2S. The van der Waals surface area contributed by atoms with E-state index in [9.17, 15) is 9.00 Å². The van der Waals surface area contributed by atoms with Crippen LogP contribution in [0.3, 0.4) is 0 Å². The molecule has 0 spiro atoms. The number of nitrogens with zero attached hydrogens (tertiary/aromatic N) is 3. The van der Waals surface area contributed by atoms with E-state index in [0.29, 0.717) is 11.6 Å². The number of rotatable bonds is 4. The lowest BCUT2D eigenvalue weighted by atomic mass is 10.1. The summed E-state index contributed by atoms with van der Waals surface area (Å²) >= 11 is 0. The molecule has 1 saturated heterocycles. The maximum Gasteiger partial charge on any atom is 0.250 e. The van der Waals surface area contributed by atoms with Crippen LogP contribution in [0.25, 0.3) is 0 Å². The van der Waals surface area contributed by atoms with Gasteiger partial charge < -0.3 is 9.80 Å². The first-order chi connectivity index (χ1) is 12.9. The molecule has 1 aliphatic heterocycles. The van der Waals surface area contributed by atoms with Crippen molar-refractivity contribution in [2.75, 3.05) is 21.4 Å². The van der Waals surface area contributed by atoms with Crippen LogP contribution in [-0.4, -0.2) is 38.8 Å². The van der Waals surface area contributed by atoms with Gasteiger partial charge in [-0.15, -0.1) is 0 Å². The Balaban J connectivity index is 1.68. The molecule has 142 valence electrons. The minimum atomic E-state index is -1.05. The highest BCUT2D eigenvalue weighted by Gasteiger charge is 2.43. The van der Waals surface area contributed by atoms with Gasteiger partial charge in [-0.3, -0.25) is 9.00 Å². The third kappa shape index (κ3) is 3.76. The van der Waals surface area contributed by atoms with Crippen LogP contribution in [-0.2, 0) is 15.6 Å². The van der Waals surface area contributed by atoms with Gasteiger partial charge in [-0.1, -0.05) is 12.1 Å². The Morgan fingerprint density at radius 3 is 2.59 bits per heavy atom. The van der Waals surface area contributed by atoms with E-state index < -0.39 is 16.8 Å². The maximum absolute atomic E-state index is 13.6. The molecule has 4 rings (SSSR count). The fourth-order valence-electron chi connectivity index (χ4n) is 3.75. The van der Waals surface area contributed by atoms with Crippen molar-refractivity contribution in [1.29, 1.82) is 0 Å². The summed E-state index contributed by atoms with van der Waals surface area (Å²) in [6.45, 7) is 6.00. The molecule has 0 N–H and O–H groups in total. The Labute approximate surface area is 162 Å². The van der Waals surface area contributed by atoms with Crippen molar-refractivity contribution in [1.82, 2.24) is 4.98 Å². The summed E-state index contributed by atoms with van der Waals surface area (Å²) in [5.41, 5.74) is 4.08. The van der Waals surface area contributed by atoms with Gasteiger partial charge in [-0.25, -0.2) is 4.98 Å². The number of anilines is 2. The molecule has 1 aromatic heterocycles. The van der Waals surface area contributed by atoms with E-state index >= 15 is 0 Å². The third-order valence-corrected chi connectivity index (χ3v) is 6.35. The largest absolute Gasteiger partial charge is 0.332 e. The van der Waals surface area contributed by atoms with Crippen molar-refractivity contribution in [3.8, 4) is 0 Å². The topological polar surface area (TPSA) is 53.5 Å². The van der Waals surface area contributed by atoms with Crippen molar-refractivity contribution in [2.24, 2.45) is 0 Å². The lowest BCUT2D eigenvalue weighted by Crippen LogP contribution is -2.48. The zero-order valence-electron chi connectivity index (χ0n) is 16.0. The first-order valence-electron chi connectivity index (χ1n) is 9.39. The van der Waals surface area contributed by atoms with Crippen LogP contribution in [0.15, 0.2) is 36.4 Å². The fourth-order valence-corrected chi connectivity index (χ4v) is 5.15. The number of pyridine rings is 1. The zero-order chi connectivity index (χ0) is 19.1. The summed E-state index contributed by atoms with van der Waals surface area (Å²) in [7, 11) is -1.05. The summed E-state index contributed by atoms with van der Waals surface area (Å²) in [6.07, 6.45) is 2.05. The SMILES string of the molecule is Cc1cccc(N(C(=O)[C@@H]2CS(=O)CN2c2cc(C)cc(C)n2)C2CC2)c1. The van der Waals surface area contributed by atoms with E-state index in [-0.39, 0.29) is 11.9 Å². The van der Waals surface area contributed by atoms with Crippen LogP contribution < -0.4 is 9.80 Å². The predicted octanol–water partition coefficient (Wildman–Crippen LogP) is 3.10. The minimum Gasteiger partial charge on any atom is -0.332 e. The van der Waals surface area contributed by atoms with E-state index in [1.807, 2.05) is 60.9 Å². The highest BCUT2D eigenvalue weighted by atomic mass is 32.2. The zero-order valence-corrected chi connectivity index (χ0v) is 16.8. The molecule has 27 heavy (non-hydrogen) atoms. The number of carbonyl (C=O) groups is 1. The van der Waals surface area contributed by atoms with Crippen molar-refractivity contribution in [3.05, 3.63) is 53.2 Å². The molecule has 1 aliphatic carbocycles. The quantitative estimate of drug-likeness (QED) is 0.814. The molecule has 0 bridgehead atoms. The monoisotopic (exact) mass is 383 g/mol. The number of carbonyl (C=O) groups excluding carboxylic acids is 1. The molecule has 6 heteroatoms. The first kappa shape index (κ1) is 18.2. The molecule has 1 saturated carbocycles. The van der Waals surface area contributed by atoms with E-state index in [1.165, 1.54) is 0 Å². The standard InChI is InChI=1S/C21H25N3O2S/c1-14-5-4-6-18(10-14)24(17-7-8-17)21(25)19-12-27(26)13-23(19)20-11-15(2)9-16(3)22-20/h4-6,9-11,17,19H,7-8,12-13H2,1-3H3/t19-,27?/m0/s1. The molecule has 1 aromatic carbocycles. The lowest BCUT2D eigenvalue weighted by molar-refractivity contribution is -0.119. The number of aromatic nitrogens is 1. The van der Waals surface area contributed by atoms with Crippen LogP contribution in [0.4, 0.5) is 11.5 Å². The summed E-state index contributed by atoms with van der Waals surface area (Å²) in [6, 6.07) is 11.9. The van der Waals surface area contributed by atoms with Crippen LogP contribution in [0.2, 0.25) is 0 Å². The van der Waals surface area contributed by atoms with Crippen LogP contribution in [0.5, 0.6) is 0 Å². The Morgan fingerprint density at radius 2 is 1.93 bits per heavy atom. The summed E-state index contributed by atoms with van der Waals surface area (Å²) in [4.78, 5) is 22.0. The van der Waals surface area contributed by atoms with E-state index in [0.717, 1.165) is 41.2 Å². The Kier molecular flexibility index (Phi) is 4.76. The molecule has 2 fully saturated rings. The fraction of sp³-hybridized carbons (Fsp3) is 0.429. The predicted molar refractivity (Wildman–Crippen MR) is 110 cm³/mol. The van der Waals surface area contributed by atoms with Crippen molar-refractivity contribution >= 4 is 28.2 Å². The van der Waals surface area contributed by atoms with E-state index in [2.05, 4.69) is 11.1 Å². The summed E-state index contributed by atoms with van der Waals surface area (Å²) < 4.78 is 12.4. The maximum atomic E-state index is 13.6. The number of benzene rings is 1. The van der Waals surface area contributed by atoms with E-state index in [1.54, 1.807) is 0 Å². The van der Waals surface area contributed by atoms with Crippen LogP contribution in [0.1, 0.15) is 29.7 Å². The Morgan fingerprint density at radius 1 is 1.15 bits per heavy atom. The average Bonchev–Trinajstić information content (AvgIpc) is 3.34. The molecule has 2 atom stereocenters. The van der Waals surface area contributed by atoms with Gasteiger partial charge >= 0.3 is 0 Å². The highest BCUT2D eigenvalue weighted by molar-refractivity contribution is 7.85. The summed E-state index contributed by atoms with van der Waals surface area (Å²) in [5.74, 6) is 1.51.